The molecule has 0 saturated carbocycles. The van der Waals surface area contributed by atoms with Crippen molar-refractivity contribution in [2.45, 2.75) is 51.0 Å². The van der Waals surface area contributed by atoms with Gasteiger partial charge in [0, 0.05) is 13.1 Å². The number of hydrogen-bond acceptors (Lipinski definition) is 3. The SMILES string of the molecule is CCCC1CCCN(C2(CC(=O)O)CNC2)CC1. The Morgan fingerprint density at radius 1 is 1.39 bits per heavy atom. The summed E-state index contributed by atoms with van der Waals surface area (Å²) in [4.78, 5) is 13.5. The molecule has 0 aromatic carbocycles. The Morgan fingerprint density at radius 3 is 2.72 bits per heavy atom. The van der Waals surface area contributed by atoms with Gasteiger partial charge in [0.15, 0.2) is 0 Å². The minimum atomic E-state index is -0.661. The van der Waals surface area contributed by atoms with Crippen molar-refractivity contribution < 1.29 is 9.90 Å². The molecule has 0 aliphatic carbocycles. The molecule has 4 nitrogen and oxygen atoms in total. The molecule has 1 atom stereocenters. The number of nitrogens with one attached hydrogen (secondary N) is 1. The van der Waals surface area contributed by atoms with Gasteiger partial charge >= 0.3 is 5.97 Å². The Bertz CT molecular complexity index is 290. The molecule has 0 aromatic rings. The highest BCUT2D eigenvalue weighted by molar-refractivity contribution is 5.68. The second-order valence-corrected chi connectivity index (χ2v) is 5.97. The standard InChI is InChI=1S/C14H26N2O2/c1-2-4-12-5-3-7-16(8-6-12)14(9-13(17)18)10-15-11-14/h12,15H,2-11H2,1H3,(H,17,18). The van der Waals surface area contributed by atoms with Gasteiger partial charge in [-0.3, -0.25) is 9.69 Å². The van der Waals surface area contributed by atoms with E-state index in [0.29, 0.717) is 6.42 Å². The van der Waals surface area contributed by atoms with E-state index in [2.05, 4.69) is 17.1 Å². The van der Waals surface area contributed by atoms with Crippen molar-refractivity contribution in [1.82, 2.24) is 10.2 Å². The lowest BCUT2D eigenvalue weighted by molar-refractivity contribution is -0.141. The fourth-order valence-corrected chi connectivity index (χ4v) is 3.49. The van der Waals surface area contributed by atoms with Crippen molar-refractivity contribution in [2.75, 3.05) is 26.2 Å². The molecule has 4 heteroatoms. The largest absolute Gasteiger partial charge is 0.481 e. The molecule has 0 bridgehead atoms. The fraction of sp³-hybridized carbons (Fsp3) is 0.929. The van der Waals surface area contributed by atoms with E-state index in [1.54, 1.807) is 0 Å². The van der Waals surface area contributed by atoms with Crippen LogP contribution in [-0.2, 0) is 4.79 Å². The maximum absolute atomic E-state index is 11.0. The molecule has 2 rings (SSSR count). The molecule has 2 fully saturated rings. The van der Waals surface area contributed by atoms with Crippen LogP contribution >= 0.6 is 0 Å². The first-order chi connectivity index (χ1) is 8.66. The average molecular weight is 254 g/mol. The number of rotatable bonds is 5. The number of carboxylic acids is 1. The normalized spacial score (nSPS) is 28.4. The second kappa shape index (κ2) is 6.02. The van der Waals surface area contributed by atoms with E-state index < -0.39 is 5.97 Å². The van der Waals surface area contributed by atoms with Crippen molar-refractivity contribution in [3.63, 3.8) is 0 Å². The monoisotopic (exact) mass is 254 g/mol. The quantitative estimate of drug-likeness (QED) is 0.784. The summed E-state index contributed by atoms with van der Waals surface area (Å²) in [7, 11) is 0. The van der Waals surface area contributed by atoms with Crippen LogP contribution in [0.4, 0.5) is 0 Å². The minimum absolute atomic E-state index is 0.0903. The Hall–Kier alpha value is -0.610. The summed E-state index contributed by atoms with van der Waals surface area (Å²) in [6, 6.07) is 0. The molecule has 104 valence electrons. The number of nitrogens with zero attached hydrogens (tertiary/aromatic N) is 1. The van der Waals surface area contributed by atoms with Gasteiger partial charge in [0.05, 0.1) is 12.0 Å². The van der Waals surface area contributed by atoms with E-state index in [0.717, 1.165) is 32.1 Å². The summed E-state index contributed by atoms with van der Waals surface area (Å²) < 4.78 is 0. The minimum Gasteiger partial charge on any atom is -0.481 e. The first kappa shape index (κ1) is 13.8. The van der Waals surface area contributed by atoms with E-state index in [4.69, 9.17) is 5.11 Å². The zero-order valence-corrected chi connectivity index (χ0v) is 11.5. The Labute approximate surface area is 110 Å². The summed E-state index contributed by atoms with van der Waals surface area (Å²) in [5.74, 6) is 0.195. The van der Waals surface area contributed by atoms with Crippen LogP contribution < -0.4 is 5.32 Å². The lowest BCUT2D eigenvalue weighted by atomic mass is 9.86. The van der Waals surface area contributed by atoms with Crippen molar-refractivity contribution in [3.05, 3.63) is 0 Å². The molecule has 0 spiro atoms. The number of likely N-dealkylation sites (tertiary alicyclic amines) is 1. The summed E-state index contributed by atoms with van der Waals surface area (Å²) in [5.41, 5.74) is -0.0903. The third kappa shape index (κ3) is 3.04. The van der Waals surface area contributed by atoms with Gasteiger partial charge in [-0.25, -0.2) is 0 Å². The van der Waals surface area contributed by atoms with Gasteiger partial charge in [-0.05, 0) is 38.3 Å². The van der Waals surface area contributed by atoms with Crippen LogP contribution in [0.5, 0.6) is 0 Å². The highest BCUT2D eigenvalue weighted by Gasteiger charge is 2.44. The molecule has 2 aliphatic heterocycles. The smallest absolute Gasteiger partial charge is 0.305 e. The zero-order valence-electron chi connectivity index (χ0n) is 11.5. The molecule has 0 amide bonds. The van der Waals surface area contributed by atoms with Crippen molar-refractivity contribution >= 4 is 5.97 Å². The Morgan fingerprint density at radius 2 is 2.17 bits per heavy atom. The van der Waals surface area contributed by atoms with E-state index in [1.165, 1.54) is 32.1 Å². The van der Waals surface area contributed by atoms with Crippen molar-refractivity contribution in [1.29, 1.82) is 0 Å². The van der Waals surface area contributed by atoms with Crippen LogP contribution in [0, 0.1) is 5.92 Å². The van der Waals surface area contributed by atoms with E-state index in [-0.39, 0.29) is 5.54 Å². The van der Waals surface area contributed by atoms with E-state index in [9.17, 15) is 4.79 Å². The van der Waals surface area contributed by atoms with Gasteiger partial charge < -0.3 is 10.4 Å². The third-order valence-electron chi connectivity index (χ3n) is 4.60. The van der Waals surface area contributed by atoms with Gasteiger partial charge in [0.25, 0.3) is 0 Å². The highest BCUT2D eigenvalue weighted by atomic mass is 16.4. The maximum atomic E-state index is 11.0. The van der Waals surface area contributed by atoms with E-state index in [1.807, 2.05) is 0 Å². The molecule has 2 aliphatic rings. The topological polar surface area (TPSA) is 52.6 Å². The van der Waals surface area contributed by atoms with Crippen LogP contribution in [0.3, 0.4) is 0 Å². The summed E-state index contributed by atoms with van der Waals surface area (Å²) >= 11 is 0. The Balaban J connectivity index is 1.93. The molecule has 18 heavy (non-hydrogen) atoms. The van der Waals surface area contributed by atoms with Crippen molar-refractivity contribution in [3.8, 4) is 0 Å². The van der Waals surface area contributed by atoms with Crippen LogP contribution in [0.25, 0.3) is 0 Å². The van der Waals surface area contributed by atoms with Gasteiger partial charge in [-0.1, -0.05) is 19.8 Å². The molecular weight excluding hydrogens is 228 g/mol. The number of hydrogen-bond donors (Lipinski definition) is 2. The average Bonchev–Trinajstić information content (AvgIpc) is 2.50. The highest BCUT2D eigenvalue weighted by Crippen LogP contribution is 2.30. The third-order valence-corrected chi connectivity index (χ3v) is 4.60. The van der Waals surface area contributed by atoms with Gasteiger partial charge in [-0.2, -0.15) is 0 Å². The first-order valence-corrected chi connectivity index (χ1v) is 7.34. The lowest BCUT2D eigenvalue weighted by Gasteiger charge is -2.50. The first-order valence-electron chi connectivity index (χ1n) is 7.34. The van der Waals surface area contributed by atoms with Gasteiger partial charge in [0.1, 0.15) is 0 Å². The summed E-state index contributed by atoms with van der Waals surface area (Å²) in [6.45, 7) is 6.11. The lowest BCUT2D eigenvalue weighted by Crippen LogP contribution is -2.69. The molecule has 2 heterocycles. The Kier molecular flexibility index (Phi) is 4.62. The number of carbonyl (C=O) groups is 1. The summed E-state index contributed by atoms with van der Waals surface area (Å²) in [5, 5.41) is 12.4. The van der Waals surface area contributed by atoms with Gasteiger partial charge in [-0.15, -0.1) is 0 Å². The van der Waals surface area contributed by atoms with Gasteiger partial charge in [0.2, 0.25) is 0 Å². The van der Waals surface area contributed by atoms with Crippen LogP contribution in [-0.4, -0.2) is 47.7 Å². The number of aliphatic carboxylic acids is 1. The molecule has 1 unspecified atom stereocenters. The van der Waals surface area contributed by atoms with Crippen LogP contribution in [0.15, 0.2) is 0 Å². The molecule has 0 aromatic heterocycles. The second-order valence-electron chi connectivity index (χ2n) is 5.97. The number of carboxylic acid groups (broad SMARTS) is 1. The van der Waals surface area contributed by atoms with E-state index >= 15 is 0 Å². The summed E-state index contributed by atoms with van der Waals surface area (Å²) in [6.07, 6.45) is 6.69. The predicted molar refractivity (Wildman–Crippen MR) is 71.7 cm³/mol. The maximum Gasteiger partial charge on any atom is 0.305 e. The molecule has 2 N–H and O–H groups in total. The zero-order chi connectivity index (χ0) is 13.0. The van der Waals surface area contributed by atoms with Crippen molar-refractivity contribution in [2.24, 2.45) is 5.92 Å². The molecule has 0 radical (unpaired) electrons. The molecular formula is C14H26N2O2. The molecule has 2 saturated heterocycles. The van der Waals surface area contributed by atoms with Crippen LogP contribution in [0.2, 0.25) is 0 Å². The fourth-order valence-electron chi connectivity index (χ4n) is 3.49. The van der Waals surface area contributed by atoms with Crippen LogP contribution in [0.1, 0.15) is 45.4 Å². The predicted octanol–water partition coefficient (Wildman–Crippen LogP) is 1.71.